The van der Waals surface area contributed by atoms with E-state index < -0.39 is 17.4 Å². The molecule has 2 aliphatic rings. The molecule has 2 aliphatic heterocycles. The van der Waals surface area contributed by atoms with Crippen LogP contribution < -0.4 is 10.2 Å². The summed E-state index contributed by atoms with van der Waals surface area (Å²) in [5, 5.41) is 12.2. The monoisotopic (exact) mass is 366 g/mol. The largest absolute Gasteiger partial charge is 0.480 e. The Kier molecular flexibility index (Phi) is 5.05. The van der Waals surface area contributed by atoms with Crippen LogP contribution in [0.1, 0.15) is 12.8 Å². The molecule has 3 rings (SSSR count). The highest BCUT2D eigenvalue weighted by molar-refractivity contribution is 8.00. The summed E-state index contributed by atoms with van der Waals surface area (Å²) in [5.74, 6) is 0.114. The Labute approximate surface area is 148 Å². The molecule has 1 fully saturated rings. The molecule has 0 saturated carbocycles. The van der Waals surface area contributed by atoms with Crippen molar-refractivity contribution in [2.24, 2.45) is 0 Å². The van der Waals surface area contributed by atoms with Crippen molar-refractivity contribution in [3.63, 3.8) is 0 Å². The fourth-order valence-electron chi connectivity index (χ4n) is 2.89. The van der Waals surface area contributed by atoms with Gasteiger partial charge in [0.2, 0.25) is 11.8 Å². The van der Waals surface area contributed by atoms with E-state index in [4.69, 9.17) is 0 Å². The number of hydrogen-bond donors (Lipinski definition) is 2. The standard InChI is InChI=1S/C16H18N2O4S2/c19-13(17-16(15(21)22)5-7-23-8-6-16)9-18-11-3-1-2-4-12(11)24-10-14(18)20/h1-4H,5-10H2,(H,17,19)(H,21,22). The summed E-state index contributed by atoms with van der Waals surface area (Å²) in [4.78, 5) is 38.7. The maximum atomic E-state index is 12.5. The minimum atomic E-state index is -1.21. The summed E-state index contributed by atoms with van der Waals surface area (Å²) >= 11 is 3.13. The van der Waals surface area contributed by atoms with Gasteiger partial charge in [0.05, 0.1) is 11.4 Å². The average molecular weight is 366 g/mol. The lowest BCUT2D eigenvalue weighted by atomic mass is 9.92. The Hall–Kier alpha value is -1.67. The van der Waals surface area contributed by atoms with Crippen molar-refractivity contribution in [3.8, 4) is 0 Å². The number of benzene rings is 1. The Balaban J connectivity index is 1.75. The molecule has 2 heterocycles. The lowest BCUT2D eigenvalue weighted by Crippen LogP contribution is -2.58. The molecule has 0 aromatic heterocycles. The van der Waals surface area contributed by atoms with Crippen molar-refractivity contribution < 1.29 is 19.5 Å². The van der Waals surface area contributed by atoms with Crippen molar-refractivity contribution >= 4 is 47.0 Å². The predicted molar refractivity (Wildman–Crippen MR) is 94.6 cm³/mol. The number of carbonyl (C=O) groups excluding carboxylic acids is 2. The summed E-state index contributed by atoms with van der Waals surface area (Å²) < 4.78 is 0. The van der Waals surface area contributed by atoms with E-state index in [9.17, 15) is 19.5 Å². The lowest BCUT2D eigenvalue weighted by molar-refractivity contribution is -0.147. The zero-order valence-corrected chi connectivity index (χ0v) is 14.6. The normalized spacial score (nSPS) is 19.5. The molecule has 1 aromatic rings. The molecule has 6 nitrogen and oxygen atoms in total. The van der Waals surface area contributed by atoms with Crippen molar-refractivity contribution in [2.75, 3.05) is 28.7 Å². The number of rotatable bonds is 4. The van der Waals surface area contributed by atoms with Crippen molar-refractivity contribution in [3.05, 3.63) is 24.3 Å². The number of amides is 2. The third-order valence-electron chi connectivity index (χ3n) is 4.24. The second kappa shape index (κ2) is 7.06. The van der Waals surface area contributed by atoms with E-state index in [0.717, 1.165) is 4.90 Å². The number of aliphatic carboxylic acids is 1. The van der Waals surface area contributed by atoms with Crippen molar-refractivity contribution in [2.45, 2.75) is 23.3 Å². The number of thioether (sulfide) groups is 2. The highest BCUT2D eigenvalue weighted by atomic mass is 32.2. The van der Waals surface area contributed by atoms with Crippen molar-refractivity contribution in [1.82, 2.24) is 5.32 Å². The molecule has 1 saturated heterocycles. The highest BCUT2D eigenvalue weighted by Gasteiger charge is 2.41. The molecular formula is C16H18N2O4S2. The summed E-state index contributed by atoms with van der Waals surface area (Å²) in [5.41, 5.74) is -0.507. The number of carbonyl (C=O) groups is 3. The van der Waals surface area contributed by atoms with Gasteiger partial charge in [-0.3, -0.25) is 9.59 Å². The molecule has 8 heteroatoms. The van der Waals surface area contributed by atoms with E-state index in [1.165, 1.54) is 16.7 Å². The number of para-hydroxylation sites is 1. The molecule has 0 bridgehead atoms. The number of fused-ring (bicyclic) bond motifs is 1. The van der Waals surface area contributed by atoms with Crippen LogP contribution in [0.25, 0.3) is 0 Å². The molecule has 0 spiro atoms. The van der Waals surface area contributed by atoms with E-state index in [0.29, 0.717) is 30.0 Å². The van der Waals surface area contributed by atoms with Gasteiger partial charge in [-0.05, 0) is 36.5 Å². The summed E-state index contributed by atoms with van der Waals surface area (Å²) in [6.45, 7) is -0.154. The molecule has 2 N–H and O–H groups in total. The Morgan fingerprint density at radius 2 is 1.96 bits per heavy atom. The van der Waals surface area contributed by atoms with Crippen LogP contribution in [0, 0.1) is 0 Å². The zero-order valence-electron chi connectivity index (χ0n) is 13.0. The van der Waals surface area contributed by atoms with Crippen LogP contribution in [0.2, 0.25) is 0 Å². The van der Waals surface area contributed by atoms with Gasteiger partial charge < -0.3 is 15.3 Å². The summed E-state index contributed by atoms with van der Waals surface area (Å²) in [6.07, 6.45) is 0.804. The molecular weight excluding hydrogens is 348 g/mol. The first-order valence-corrected chi connectivity index (χ1v) is 9.80. The third kappa shape index (κ3) is 3.39. The minimum absolute atomic E-state index is 0.141. The van der Waals surface area contributed by atoms with Crippen molar-refractivity contribution in [1.29, 1.82) is 0 Å². The molecule has 0 aliphatic carbocycles. The Morgan fingerprint density at radius 1 is 1.25 bits per heavy atom. The maximum Gasteiger partial charge on any atom is 0.329 e. The SMILES string of the molecule is O=C(CN1C(=O)CSc2ccccc21)NC1(C(=O)O)CCSCC1. The van der Waals surface area contributed by atoms with Gasteiger partial charge in [-0.15, -0.1) is 11.8 Å². The number of hydrogen-bond acceptors (Lipinski definition) is 5. The quantitative estimate of drug-likeness (QED) is 0.842. The molecule has 24 heavy (non-hydrogen) atoms. The molecule has 0 atom stereocenters. The fourth-order valence-corrected chi connectivity index (χ4v) is 5.01. The van der Waals surface area contributed by atoms with E-state index >= 15 is 0 Å². The van der Waals surface area contributed by atoms with E-state index in [-0.39, 0.29) is 18.2 Å². The van der Waals surface area contributed by atoms with Crippen LogP contribution in [0.15, 0.2) is 29.2 Å². The van der Waals surface area contributed by atoms with E-state index in [1.54, 1.807) is 17.8 Å². The first kappa shape index (κ1) is 17.2. The second-order valence-electron chi connectivity index (χ2n) is 5.78. The van der Waals surface area contributed by atoms with Crippen LogP contribution >= 0.6 is 23.5 Å². The lowest BCUT2D eigenvalue weighted by Gasteiger charge is -2.35. The molecule has 2 amide bonds. The number of nitrogens with zero attached hydrogens (tertiary/aromatic N) is 1. The first-order chi connectivity index (χ1) is 11.5. The van der Waals surface area contributed by atoms with Gasteiger partial charge in [0.25, 0.3) is 0 Å². The molecule has 1 aromatic carbocycles. The van der Waals surface area contributed by atoms with Crippen LogP contribution in [0.3, 0.4) is 0 Å². The number of nitrogens with one attached hydrogen (secondary N) is 1. The third-order valence-corrected chi connectivity index (χ3v) is 6.28. The van der Waals surface area contributed by atoms with Gasteiger partial charge in [0.15, 0.2) is 0 Å². The van der Waals surface area contributed by atoms with Gasteiger partial charge >= 0.3 is 5.97 Å². The number of carboxylic acid groups (broad SMARTS) is 1. The predicted octanol–water partition coefficient (Wildman–Crippen LogP) is 1.59. The fraction of sp³-hybridized carbons (Fsp3) is 0.438. The molecule has 128 valence electrons. The van der Waals surface area contributed by atoms with Crippen LogP contribution in [0.4, 0.5) is 5.69 Å². The van der Waals surface area contributed by atoms with E-state index in [1.807, 2.05) is 18.2 Å². The molecule has 0 radical (unpaired) electrons. The highest BCUT2D eigenvalue weighted by Crippen LogP contribution is 2.35. The summed E-state index contributed by atoms with van der Waals surface area (Å²) in [6, 6.07) is 7.42. The number of carboxylic acids is 1. The van der Waals surface area contributed by atoms with Gasteiger partial charge in [-0.25, -0.2) is 4.79 Å². The smallest absolute Gasteiger partial charge is 0.329 e. The zero-order chi connectivity index (χ0) is 17.2. The van der Waals surface area contributed by atoms with Gasteiger partial charge in [0.1, 0.15) is 12.1 Å². The van der Waals surface area contributed by atoms with Crippen LogP contribution in [-0.4, -0.2) is 52.2 Å². The van der Waals surface area contributed by atoms with E-state index in [2.05, 4.69) is 5.32 Å². The maximum absolute atomic E-state index is 12.5. The molecule has 0 unspecified atom stereocenters. The minimum Gasteiger partial charge on any atom is -0.480 e. The van der Waals surface area contributed by atoms with Gasteiger partial charge in [0, 0.05) is 4.90 Å². The number of anilines is 1. The topological polar surface area (TPSA) is 86.7 Å². The van der Waals surface area contributed by atoms with Gasteiger partial charge in [-0.1, -0.05) is 12.1 Å². The van der Waals surface area contributed by atoms with Crippen LogP contribution in [-0.2, 0) is 14.4 Å². The Bertz CT molecular complexity index is 674. The average Bonchev–Trinajstić information content (AvgIpc) is 2.58. The Morgan fingerprint density at radius 3 is 2.67 bits per heavy atom. The van der Waals surface area contributed by atoms with Crippen LogP contribution in [0.5, 0.6) is 0 Å². The van der Waals surface area contributed by atoms with Gasteiger partial charge in [-0.2, -0.15) is 11.8 Å². The summed E-state index contributed by atoms with van der Waals surface area (Å²) in [7, 11) is 0. The second-order valence-corrected chi connectivity index (χ2v) is 8.03. The first-order valence-electron chi connectivity index (χ1n) is 7.66.